The molecule has 2 aromatic heterocycles. The SMILES string of the molecule is Cc1c(C(N)=O)cc(N)nc1-c1ccc2cnccc2c1. The van der Waals surface area contributed by atoms with Crippen LogP contribution in [0.25, 0.3) is 22.0 Å². The van der Waals surface area contributed by atoms with Gasteiger partial charge < -0.3 is 11.5 Å². The van der Waals surface area contributed by atoms with Crippen LogP contribution in [0.2, 0.25) is 0 Å². The van der Waals surface area contributed by atoms with Gasteiger partial charge >= 0.3 is 0 Å². The second-order valence-electron chi connectivity index (χ2n) is 4.87. The minimum absolute atomic E-state index is 0.277. The Balaban J connectivity index is 2.24. The molecule has 0 fully saturated rings. The first-order valence-corrected chi connectivity index (χ1v) is 6.47. The number of nitrogen functional groups attached to an aromatic ring is 1. The maximum atomic E-state index is 11.5. The van der Waals surface area contributed by atoms with Crippen molar-refractivity contribution in [3.63, 3.8) is 0 Å². The summed E-state index contributed by atoms with van der Waals surface area (Å²) in [7, 11) is 0. The zero-order valence-corrected chi connectivity index (χ0v) is 11.5. The summed E-state index contributed by atoms with van der Waals surface area (Å²) in [6.07, 6.45) is 3.54. The zero-order valence-electron chi connectivity index (χ0n) is 11.5. The third-order valence-corrected chi connectivity index (χ3v) is 3.47. The average molecular weight is 278 g/mol. The standard InChI is InChI=1S/C16H14N4O/c1-9-13(16(18)21)7-14(17)20-15(9)11-2-3-12-8-19-5-4-10(12)6-11/h2-8H,1H3,(H2,17,20)(H2,18,21). The van der Waals surface area contributed by atoms with Crippen molar-refractivity contribution in [2.75, 3.05) is 5.73 Å². The van der Waals surface area contributed by atoms with Gasteiger partial charge in [-0.05, 0) is 36.1 Å². The number of nitrogens with two attached hydrogens (primary N) is 2. The van der Waals surface area contributed by atoms with Crippen LogP contribution < -0.4 is 11.5 Å². The molecule has 5 nitrogen and oxygen atoms in total. The highest BCUT2D eigenvalue weighted by molar-refractivity contribution is 5.97. The molecular weight excluding hydrogens is 264 g/mol. The third kappa shape index (κ3) is 2.29. The van der Waals surface area contributed by atoms with Crippen molar-refractivity contribution in [2.24, 2.45) is 5.73 Å². The number of rotatable bonds is 2. The smallest absolute Gasteiger partial charge is 0.249 e. The molecule has 0 spiro atoms. The number of hydrogen-bond donors (Lipinski definition) is 2. The molecule has 0 radical (unpaired) electrons. The van der Waals surface area contributed by atoms with Crippen molar-refractivity contribution in [2.45, 2.75) is 6.92 Å². The van der Waals surface area contributed by atoms with E-state index in [1.807, 2.05) is 31.2 Å². The van der Waals surface area contributed by atoms with Gasteiger partial charge in [0.2, 0.25) is 5.91 Å². The van der Waals surface area contributed by atoms with Gasteiger partial charge in [0.05, 0.1) is 5.69 Å². The summed E-state index contributed by atoms with van der Waals surface area (Å²) >= 11 is 0. The fraction of sp³-hybridized carbons (Fsp3) is 0.0625. The number of anilines is 1. The minimum Gasteiger partial charge on any atom is -0.384 e. The summed E-state index contributed by atoms with van der Waals surface area (Å²) in [5, 5.41) is 2.09. The molecule has 0 saturated heterocycles. The summed E-state index contributed by atoms with van der Waals surface area (Å²) in [6.45, 7) is 1.82. The molecule has 1 aromatic carbocycles. The molecule has 0 aliphatic rings. The molecule has 0 unspecified atom stereocenters. The van der Waals surface area contributed by atoms with Crippen molar-refractivity contribution in [1.82, 2.24) is 9.97 Å². The molecule has 104 valence electrons. The molecule has 21 heavy (non-hydrogen) atoms. The Hall–Kier alpha value is -2.95. The summed E-state index contributed by atoms with van der Waals surface area (Å²) in [6, 6.07) is 9.33. The van der Waals surface area contributed by atoms with Gasteiger partial charge in [0.1, 0.15) is 5.82 Å². The van der Waals surface area contributed by atoms with E-state index in [9.17, 15) is 4.79 Å². The normalized spacial score (nSPS) is 10.7. The minimum atomic E-state index is -0.507. The molecule has 0 atom stereocenters. The monoisotopic (exact) mass is 278 g/mol. The van der Waals surface area contributed by atoms with Gasteiger partial charge in [-0.2, -0.15) is 0 Å². The number of carbonyl (C=O) groups is 1. The molecule has 4 N–H and O–H groups in total. The maximum Gasteiger partial charge on any atom is 0.249 e. The summed E-state index contributed by atoms with van der Waals surface area (Å²) < 4.78 is 0. The number of aromatic nitrogens is 2. The van der Waals surface area contributed by atoms with Crippen molar-refractivity contribution in [3.8, 4) is 11.3 Å². The van der Waals surface area contributed by atoms with E-state index in [2.05, 4.69) is 9.97 Å². The van der Waals surface area contributed by atoms with E-state index < -0.39 is 5.91 Å². The number of carbonyl (C=O) groups excluding carboxylic acids is 1. The molecule has 3 rings (SSSR count). The van der Waals surface area contributed by atoms with Crippen molar-refractivity contribution >= 4 is 22.5 Å². The van der Waals surface area contributed by atoms with E-state index in [4.69, 9.17) is 11.5 Å². The summed E-state index contributed by atoms with van der Waals surface area (Å²) in [5.41, 5.74) is 13.9. The zero-order chi connectivity index (χ0) is 15.0. The number of nitrogens with zero attached hydrogens (tertiary/aromatic N) is 2. The Labute approximate surface area is 121 Å². The van der Waals surface area contributed by atoms with Gasteiger partial charge in [-0.25, -0.2) is 4.98 Å². The average Bonchev–Trinajstić information content (AvgIpc) is 2.48. The quantitative estimate of drug-likeness (QED) is 0.751. The molecule has 0 bridgehead atoms. The Morgan fingerprint density at radius 1 is 1.14 bits per heavy atom. The first-order chi connectivity index (χ1) is 10.1. The van der Waals surface area contributed by atoms with Crippen LogP contribution in [0, 0.1) is 6.92 Å². The highest BCUT2D eigenvalue weighted by Crippen LogP contribution is 2.28. The highest BCUT2D eigenvalue weighted by atomic mass is 16.1. The lowest BCUT2D eigenvalue weighted by atomic mass is 9.99. The van der Waals surface area contributed by atoms with E-state index in [0.29, 0.717) is 11.3 Å². The number of fused-ring (bicyclic) bond motifs is 1. The Morgan fingerprint density at radius 2 is 1.95 bits per heavy atom. The molecule has 0 aliphatic carbocycles. The van der Waals surface area contributed by atoms with Crippen molar-refractivity contribution in [1.29, 1.82) is 0 Å². The first-order valence-electron chi connectivity index (χ1n) is 6.47. The van der Waals surface area contributed by atoms with Crippen molar-refractivity contribution < 1.29 is 4.79 Å². The van der Waals surface area contributed by atoms with Crippen LogP contribution in [-0.4, -0.2) is 15.9 Å². The van der Waals surface area contributed by atoms with Gasteiger partial charge in [0.15, 0.2) is 0 Å². The predicted octanol–water partition coefficient (Wildman–Crippen LogP) is 2.29. The number of benzene rings is 1. The second-order valence-corrected chi connectivity index (χ2v) is 4.87. The van der Waals surface area contributed by atoms with E-state index >= 15 is 0 Å². The Kier molecular flexibility index (Phi) is 3.02. The van der Waals surface area contributed by atoms with E-state index in [1.54, 1.807) is 12.4 Å². The second kappa shape index (κ2) is 4.86. The van der Waals surface area contributed by atoms with Gasteiger partial charge in [-0.15, -0.1) is 0 Å². The Morgan fingerprint density at radius 3 is 2.71 bits per heavy atom. The third-order valence-electron chi connectivity index (χ3n) is 3.47. The molecular formula is C16H14N4O. The Bertz CT molecular complexity index is 858. The lowest BCUT2D eigenvalue weighted by Gasteiger charge is -2.11. The number of hydrogen-bond acceptors (Lipinski definition) is 4. The number of amides is 1. The van der Waals surface area contributed by atoms with Crippen LogP contribution in [0.15, 0.2) is 42.7 Å². The van der Waals surface area contributed by atoms with Crippen molar-refractivity contribution in [3.05, 3.63) is 53.9 Å². The molecule has 0 saturated carbocycles. The summed E-state index contributed by atoms with van der Waals surface area (Å²) in [4.78, 5) is 19.9. The fourth-order valence-corrected chi connectivity index (χ4v) is 2.40. The highest BCUT2D eigenvalue weighted by Gasteiger charge is 2.13. The largest absolute Gasteiger partial charge is 0.384 e. The van der Waals surface area contributed by atoms with E-state index in [0.717, 1.165) is 21.9 Å². The van der Waals surface area contributed by atoms with Crippen LogP contribution in [-0.2, 0) is 0 Å². The maximum absolute atomic E-state index is 11.5. The fourth-order valence-electron chi connectivity index (χ4n) is 2.40. The summed E-state index contributed by atoms with van der Waals surface area (Å²) in [5.74, 6) is -0.230. The molecule has 0 aliphatic heterocycles. The van der Waals surface area contributed by atoms with Gasteiger partial charge in [0.25, 0.3) is 0 Å². The van der Waals surface area contributed by atoms with Crippen LogP contribution in [0.4, 0.5) is 5.82 Å². The molecule has 1 amide bonds. The van der Waals surface area contributed by atoms with Crippen LogP contribution >= 0.6 is 0 Å². The molecule has 2 heterocycles. The van der Waals surface area contributed by atoms with E-state index in [-0.39, 0.29) is 5.82 Å². The lowest BCUT2D eigenvalue weighted by Crippen LogP contribution is -2.14. The lowest BCUT2D eigenvalue weighted by molar-refractivity contribution is 0.0999. The van der Waals surface area contributed by atoms with E-state index in [1.165, 1.54) is 6.07 Å². The van der Waals surface area contributed by atoms with Crippen LogP contribution in [0.5, 0.6) is 0 Å². The molecule has 3 aromatic rings. The van der Waals surface area contributed by atoms with Gasteiger partial charge in [-0.3, -0.25) is 9.78 Å². The number of pyridine rings is 2. The van der Waals surface area contributed by atoms with Gasteiger partial charge in [-0.1, -0.05) is 12.1 Å². The van der Waals surface area contributed by atoms with Crippen LogP contribution in [0.1, 0.15) is 15.9 Å². The first kappa shape index (κ1) is 13.1. The van der Waals surface area contributed by atoms with Crippen LogP contribution in [0.3, 0.4) is 0 Å². The van der Waals surface area contributed by atoms with Gasteiger partial charge in [0, 0.05) is 28.9 Å². The molecule has 5 heteroatoms. The number of primary amides is 1. The topological polar surface area (TPSA) is 94.9 Å². The predicted molar refractivity (Wildman–Crippen MR) is 82.6 cm³/mol.